The van der Waals surface area contributed by atoms with Gasteiger partial charge in [0.1, 0.15) is 0 Å². The maximum Gasteiger partial charge on any atom is 0.253 e. The summed E-state index contributed by atoms with van der Waals surface area (Å²) in [6.45, 7) is 6.19. The number of carbonyl (C=O) groups excluding carboxylic acids is 2. The number of carbonyl (C=O) groups is 2. The van der Waals surface area contributed by atoms with E-state index in [-0.39, 0.29) is 30.2 Å². The number of thiophene rings is 1. The zero-order chi connectivity index (χ0) is 33.8. The van der Waals surface area contributed by atoms with E-state index in [0.717, 1.165) is 38.5 Å². The van der Waals surface area contributed by atoms with Gasteiger partial charge in [-0.2, -0.15) is 5.10 Å². The summed E-state index contributed by atoms with van der Waals surface area (Å²) in [6, 6.07) is 23.2. The number of amides is 2. The van der Waals surface area contributed by atoms with Crippen LogP contribution >= 0.6 is 23.1 Å². The minimum atomic E-state index is -0.300. The van der Waals surface area contributed by atoms with Crippen molar-refractivity contribution in [3.63, 3.8) is 0 Å². The van der Waals surface area contributed by atoms with Gasteiger partial charge in [0, 0.05) is 12.0 Å². The van der Waals surface area contributed by atoms with Crippen LogP contribution in [0.5, 0.6) is 11.5 Å². The summed E-state index contributed by atoms with van der Waals surface area (Å²) in [7, 11) is 3.07. The number of nitrogens with zero attached hydrogens (tertiary/aromatic N) is 5. The number of hydrogen-bond donors (Lipinski definition) is 1. The second-order valence-electron chi connectivity index (χ2n) is 11.5. The van der Waals surface area contributed by atoms with Gasteiger partial charge < -0.3 is 14.8 Å². The molecule has 0 fully saturated rings. The third-order valence-electron chi connectivity index (χ3n) is 8.12. The van der Waals surface area contributed by atoms with Gasteiger partial charge in [-0.05, 0) is 73.2 Å². The lowest BCUT2D eigenvalue weighted by molar-refractivity contribution is -0.130. The molecule has 0 radical (unpaired) electrons. The lowest BCUT2D eigenvalue weighted by Gasteiger charge is -2.22. The standard InChI is InChI=1S/C36H36N6O4S2/c1-22-9-12-25(13-10-22)29-19-27(32-7-6-16-47-32)40-42(29)34(43)21-48-36-39-38-33(41(36)28-17-23(2)8-11-24(28)3)20-37-35(44)26-14-15-30(45-4)31(18-26)46-5/h6-18,29H,19-21H2,1-5H3,(H,37,44)/t29-/m1/s1. The quantitative estimate of drug-likeness (QED) is 0.155. The van der Waals surface area contributed by atoms with E-state index in [1.54, 1.807) is 41.7 Å². The topological polar surface area (TPSA) is 111 Å². The molecule has 1 aliphatic heterocycles. The van der Waals surface area contributed by atoms with Crippen LogP contribution in [0.3, 0.4) is 0 Å². The molecule has 2 aromatic heterocycles. The fraction of sp³-hybridized carbons (Fsp3) is 0.250. The molecule has 0 spiro atoms. The number of aromatic nitrogens is 3. The molecule has 0 saturated heterocycles. The first-order chi connectivity index (χ1) is 23.2. The summed E-state index contributed by atoms with van der Waals surface area (Å²) in [5.41, 5.74) is 6.46. The fourth-order valence-electron chi connectivity index (χ4n) is 5.52. The van der Waals surface area contributed by atoms with Crippen molar-refractivity contribution in [1.82, 2.24) is 25.1 Å². The number of aryl methyl sites for hydroxylation is 3. The monoisotopic (exact) mass is 680 g/mol. The van der Waals surface area contributed by atoms with Crippen molar-refractivity contribution in [1.29, 1.82) is 0 Å². The van der Waals surface area contributed by atoms with Gasteiger partial charge in [0.25, 0.3) is 11.8 Å². The van der Waals surface area contributed by atoms with Gasteiger partial charge in [0.2, 0.25) is 0 Å². The van der Waals surface area contributed by atoms with Crippen molar-refractivity contribution in [2.24, 2.45) is 5.10 Å². The first-order valence-electron chi connectivity index (χ1n) is 15.4. The van der Waals surface area contributed by atoms with E-state index in [0.29, 0.717) is 34.5 Å². The molecule has 12 heteroatoms. The minimum absolute atomic E-state index is 0.102. The predicted molar refractivity (Wildman–Crippen MR) is 189 cm³/mol. The molecule has 246 valence electrons. The summed E-state index contributed by atoms with van der Waals surface area (Å²) >= 11 is 2.92. The molecule has 3 aromatic carbocycles. The van der Waals surface area contributed by atoms with E-state index in [1.165, 1.54) is 18.9 Å². The summed E-state index contributed by atoms with van der Waals surface area (Å²) in [5, 5.41) is 20.9. The molecule has 0 bridgehead atoms. The van der Waals surface area contributed by atoms with E-state index < -0.39 is 0 Å². The Kier molecular flexibility index (Phi) is 9.93. The molecule has 0 saturated carbocycles. The minimum Gasteiger partial charge on any atom is -0.493 e. The van der Waals surface area contributed by atoms with Gasteiger partial charge >= 0.3 is 0 Å². The SMILES string of the molecule is COc1ccc(C(=O)NCc2nnc(SCC(=O)N3N=C(c4cccs4)C[C@@H]3c3ccc(C)cc3)n2-c2cc(C)ccc2C)cc1OC. The molecule has 2 amide bonds. The Labute approximate surface area is 287 Å². The van der Waals surface area contributed by atoms with Gasteiger partial charge in [0.05, 0.1) is 48.8 Å². The largest absolute Gasteiger partial charge is 0.493 e. The number of hydrazone groups is 1. The third-order valence-corrected chi connectivity index (χ3v) is 9.95. The number of rotatable bonds is 11. The summed E-state index contributed by atoms with van der Waals surface area (Å²) in [6.07, 6.45) is 0.641. The van der Waals surface area contributed by atoms with E-state index in [4.69, 9.17) is 14.6 Å². The van der Waals surface area contributed by atoms with Crippen LogP contribution in [0.1, 0.15) is 55.8 Å². The van der Waals surface area contributed by atoms with E-state index in [2.05, 4.69) is 45.8 Å². The molecule has 1 aliphatic rings. The van der Waals surface area contributed by atoms with Crippen molar-refractivity contribution in [3.05, 3.63) is 117 Å². The summed E-state index contributed by atoms with van der Waals surface area (Å²) < 4.78 is 12.6. The molecule has 1 atom stereocenters. The van der Waals surface area contributed by atoms with E-state index in [9.17, 15) is 9.59 Å². The highest BCUT2D eigenvalue weighted by Crippen LogP contribution is 2.35. The average molecular weight is 681 g/mol. The van der Waals surface area contributed by atoms with Crippen LogP contribution in [-0.2, 0) is 11.3 Å². The Hall–Kier alpha value is -4.94. The molecule has 10 nitrogen and oxygen atoms in total. The zero-order valence-electron chi connectivity index (χ0n) is 27.4. The van der Waals surface area contributed by atoms with Crippen LogP contribution in [0.25, 0.3) is 5.69 Å². The van der Waals surface area contributed by atoms with Crippen LogP contribution in [0, 0.1) is 20.8 Å². The van der Waals surface area contributed by atoms with Gasteiger partial charge in [-0.25, -0.2) is 5.01 Å². The van der Waals surface area contributed by atoms with Crippen LogP contribution < -0.4 is 14.8 Å². The second kappa shape index (κ2) is 14.4. The highest BCUT2D eigenvalue weighted by molar-refractivity contribution is 7.99. The van der Waals surface area contributed by atoms with Crippen LogP contribution in [0.2, 0.25) is 0 Å². The molecule has 0 unspecified atom stereocenters. The van der Waals surface area contributed by atoms with Crippen LogP contribution in [0.15, 0.2) is 88.4 Å². The summed E-state index contributed by atoms with van der Waals surface area (Å²) in [4.78, 5) is 28.1. The molecule has 5 aromatic rings. The Balaban J connectivity index is 1.25. The molecule has 0 aliphatic carbocycles. The Bertz CT molecular complexity index is 1970. The van der Waals surface area contributed by atoms with Crippen LogP contribution in [-0.4, -0.2) is 57.3 Å². The van der Waals surface area contributed by atoms with Crippen molar-refractivity contribution in [3.8, 4) is 17.2 Å². The molecule has 48 heavy (non-hydrogen) atoms. The van der Waals surface area contributed by atoms with Gasteiger partial charge in [-0.1, -0.05) is 59.8 Å². The lowest BCUT2D eigenvalue weighted by Crippen LogP contribution is -2.28. The second-order valence-corrected chi connectivity index (χ2v) is 13.3. The number of hydrogen-bond acceptors (Lipinski definition) is 9. The molecule has 6 rings (SSSR count). The zero-order valence-corrected chi connectivity index (χ0v) is 29.0. The average Bonchev–Trinajstić information content (AvgIpc) is 3.88. The summed E-state index contributed by atoms with van der Waals surface area (Å²) in [5.74, 6) is 1.20. The molecule has 1 N–H and O–H groups in total. The normalized spacial score (nSPS) is 14.1. The Morgan fingerprint density at radius 1 is 0.938 bits per heavy atom. The number of benzene rings is 3. The number of ether oxygens (including phenoxy) is 2. The fourth-order valence-corrected chi connectivity index (χ4v) is 7.06. The Morgan fingerprint density at radius 2 is 1.71 bits per heavy atom. The maximum atomic E-state index is 13.9. The van der Waals surface area contributed by atoms with Crippen molar-refractivity contribution < 1.29 is 19.1 Å². The first kappa shape index (κ1) is 33.0. The predicted octanol–water partition coefficient (Wildman–Crippen LogP) is 6.67. The molecular weight excluding hydrogens is 645 g/mol. The van der Waals surface area contributed by atoms with Crippen molar-refractivity contribution in [2.75, 3.05) is 20.0 Å². The van der Waals surface area contributed by atoms with Crippen molar-refractivity contribution in [2.45, 2.75) is 44.9 Å². The highest BCUT2D eigenvalue weighted by atomic mass is 32.2. The highest BCUT2D eigenvalue weighted by Gasteiger charge is 2.33. The van der Waals surface area contributed by atoms with Gasteiger partial charge in [-0.15, -0.1) is 21.5 Å². The lowest BCUT2D eigenvalue weighted by atomic mass is 10.00. The molecule has 3 heterocycles. The number of thioether (sulfide) groups is 1. The van der Waals surface area contributed by atoms with Gasteiger partial charge in [-0.3, -0.25) is 14.2 Å². The maximum absolute atomic E-state index is 13.9. The van der Waals surface area contributed by atoms with E-state index in [1.807, 2.05) is 55.0 Å². The Morgan fingerprint density at radius 3 is 2.44 bits per heavy atom. The van der Waals surface area contributed by atoms with E-state index >= 15 is 0 Å². The third kappa shape index (κ3) is 6.99. The first-order valence-corrected chi connectivity index (χ1v) is 17.3. The van der Waals surface area contributed by atoms with Crippen molar-refractivity contribution >= 4 is 40.6 Å². The molecular formula is C36H36N6O4S2. The van der Waals surface area contributed by atoms with Gasteiger partial charge in [0.15, 0.2) is 22.5 Å². The smallest absolute Gasteiger partial charge is 0.253 e. The number of methoxy groups -OCH3 is 2. The number of nitrogens with one attached hydrogen (secondary N) is 1. The van der Waals surface area contributed by atoms with Crippen LogP contribution in [0.4, 0.5) is 0 Å².